The van der Waals surface area contributed by atoms with E-state index >= 15 is 0 Å². The van der Waals surface area contributed by atoms with Gasteiger partial charge >= 0.3 is 12.4 Å². The number of nitriles is 1. The number of anilines is 2. The Bertz CT molecular complexity index is 1300. The van der Waals surface area contributed by atoms with Crippen LogP contribution in [0.3, 0.4) is 0 Å². The van der Waals surface area contributed by atoms with Gasteiger partial charge in [0, 0.05) is 11.4 Å². The average Bonchev–Trinajstić information content (AvgIpc) is 3.08. The number of benzene rings is 3. The number of nitrogens with zero attached hydrogens (tertiary/aromatic N) is 3. The van der Waals surface area contributed by atoms with Gasteiger partial charge in [-0.15, -0.1) is 13.2 Å². The van der Waals surface area contributed by atoms with Crippen LogP contribution < -0.4 is 14.5 Å². The van der Waals surface area contributed by atoms with E-state index in [0.717, 1.165) is 5.56 Å². The number of hydrogen-bond donors (Lipinski definition) is 0. The number of halogens is 3. The van der Waals surface area contributed by atoms with Crippen LogP contribution >= 0.6 is 0 Å². The Balaban J connectivity index is 1.66. The number of hydrogen-bond acceptors (Lipinski definition) is 4. The minimum Gasteiger partial charge on any atom is -0.406 e. The summed E-state index contributed by atoms with van der Waals surface area (Å²) < 4.78 is 48.5. The van der Waals surface area contributed by atoms with Crippen molar-refractivity contribution in [3.8, 4) is 11.8 Å². The molecule has 5 rings (SSSR count). The SMILES string of the molecule is Cc1ccc(N2C(=O)N(c3ccc(C#N)cc3)C3(COC3)C2c2cccc(OC(F)(F)F)c2)cc1. The first-order chi connectivity index (χ1) is 16.7. The zero-order valence-electron chi connectivity index (χ0n) is 18.6. The van der Waals surface area contributed by atoms with E-state index in [1.165, 1.54) is 18.2 Å². The molecule has 0 bridgehead atoms. The topological polar surface area (TPSA) is 65.8 Å². The average molecular weight is 479 g/mol. The molecule has 0 saturated carbocycles. The van der Waals surface area contributed by atoms with E-state index in [0.29, 0.717) is 22.5 Å². The lowest BCUT2D eigenvalue weighted by Crippen LogP contribution is -2.62. The van der Waals surface area contributed by atoms with Crippen LogP contribution in [0.5, 0.6) is 5.75 Å². The number of aryl methyl sites for hydroxylation is 1. The minimum absolute atomic E-state index is 0.191. The summed E-state index contributed by atoms with van der Waals surface area (Å²) in [6.45, 7) is 2.31. The summed E-state index contributed by atoms with van der Waals surface area (Å²) in [5.74, 6) is -0.362. The molecule has 0 aromatic heterocycles. The molecule has 3 aromatic rings. The summed E-state index contributed by atoms with van der Waals surface area (Å²) in [7, 11) is 0. The summed E-state index contributed by atoms with van der Waals surface area (Å²) in [5.41, 5.74) is 2.24. The van der Waals surface area contributed by atoms with Crippen molar-refractivity contribution < 1.29 is 27.4 Å². The van der Waals surface area contributed by atoms with Gasteiger partial charge in [0.2, 0.25) is 0 Å². The van der Waals surface area contributed by atoms with Crippen LogP contribution in [0, 0.1) is 18.3 Å². The first kappa shape index (κ1) is 22.7. The van der Waals surface area contributed by atoms with Gasteiger partial charge < -0.3 is 9.47 Å². The second kappa shape index (κ2) is 8.32. The van der Waals surface area contributed by atoms with Crippen molar-refractivity contribution in [1.82, 2.24) is 0 Å². The predicted molar refractivity (Wildman–Crippen MR) is 122 cm³/mol. The summed E-state index contributed by atoms with van der Waals surface area (Å²) in [6, 6.07) is 20.8. The molecule has 2 aliphatic heterocycles. The van der Waals surface area contributed by atoms with Crippen LogP contribution in [0.15, 0.2) is 72.8 Å². The second-order valence-corrected chi connectivity index (χ2v) is 8.60. The van der Waals surface area contributed by atoms with Crippen molar-refractivity contribution in [2.45, 2.75) is 24.9 Å². The molecule has 9 heteroatoms. The number of urea groups is 1. The number of amides is 2. The molecule has 1 atom stereocenters. The lowest BCUT2D eigenvalue weighted by Gasteiger charge is -2.47. The van der Waals surface area contributed by atoms with Crippen molar-refractivity contribution in [2.75, 3.05) is 23.0 Å². The molecule has 2 saturated heterocycles. The summed E-state index contributed by atoms with van der Waals surface area (Å²) in [5, 5.41) is 9.17. The number of carbonyl (C=O) groups is 1. The highest BCUT2D eigenvalue weighted by Gasteiger charge is 2.63. The fraction of sp³-hybridized carbons (Fsp3) is 0.231. The predicted octanol–water partition coefficient (Wildman–Crippen LogP) is 5.72. The monoisotopic (exact) mass is 479 g/mol. The zero-order valence-corrected chi connectivity index (χ0v) is 18.6. The number of alkyl halides is 3. The van der Waals surface area contributed by atoms with E-state index in [-0.39, 0.29) is 25.0 Å². The highest BCUT2D eigenvalue weighted by molar-refractivity contribution is 6.09. The largest absolute Gasteiger partial charge is 0.573 e. The van der Waals surface area contributed by atoms with Crippen LogP contribution in [0.2, 0.25) is 0 Å². The zero-order chi connectivity index (χ0) is 24.8. The van der Waals surface area contributed by atoms with Gasteiger partial charge in [0.05, 0.1) is 30.9 Å². The lowest BCUT2D eigenvalue weighted by atomic mass is 9.82. The number of rotatable bonds is 4. The van der Waals surface area contributed by atoms with E-state index in [9.17, 15) is 18.0 Å². The molecule has 0 N–H and O–H groups in total. The number of ether oxygens (including phenoxy) is 2. The van der Waals surface area contributed by atoms with Gasteiger partial charge in [-0.1, -0.05) is 29.8 Å². The third-order valence-corrected chi connectivity index (χ3v) is 6.29. The van der Waals surface area contributed by atoms with Crippen LogP contribution in [-0.4, -0.2) is 31.1 Å². The molecule has 0 radical (unpaired) electrons. The van der Waals surface area contributed by atoms with Gasteiger partial charge in [0.25, 0.3) is 0 Å². The Kier molecular flexibility index (Phi) is 5.41. The molecule has 1 unspecified atom stereocenters. The Morgan fingerprint density at radius 3 is 2.26 bits per heavy atom. The van der Waals surface area contributed by atoms with Crippen LogP contribution in [0.25, 0.3) is 0 Å². The van der Waals surface area contributed by atoms with Gasteiger partial charge in [-0.05, 0) is 61.0 Å². The van der Waals surface area contributed by atoms with E-state index in [2.05, 4.69) is 10.8 Å². The maximum Gasteiger partial charge on any atom is 0.573 e. The minimum atomic E-state index is -4.84. The van der Waals surface area contributed by atoms with Crippen molar-refractivity contribution in [2.24, 2.45) is 0 Å². The van der Waals surface area contributed by atoms with E-state index in [1.54, 1.807) is 40.1 Å². The van der Waals surface area contributed by atoms with Gasteiger partial charge in [0.15, 0.2) is 0 Å². The first-order valence-electron chi connectivity index (χ1n) is 10.9. The normalized spacial score (nSPS) is 18.9. The van der Waals surface area contributed by atoms with Crippen LogP contribution in [0.1, 0.15) is 22.7 Å². The Morgan fingerprint density at radius 1 is 1.03 bits per heavy atom. The van der Waals surface area contributed by atoms with E-state index < -0.39 is 17.9 Å². The van der Waals surface area contributed by atoms with Crippen molar-refractivity contribution in [1.29, 1.82) is 5.26 Å². The van der Waals surface area contributed by atoms with E-state index in [1.807, 2.05) is 31.2 Å². The fourth-order valence-corrected chi connectivity index (χ4v) is 4.73. The first-order valence-corrected chi connectivity index (χ1v) is 10.9. The van der Waals surface area contributed by atoms with Crippen LogP contribution in [0.4, 0.5) is 29.3 Å². The molecule has 2 aliphatic rings. The molecule has 35 heavy (non-hydrogen) atoms. The number of carbonyl (C=O) groups excluding carboxylic acids is 1. The molecule has 178 valence electrons. The Hall–Kier alpha value is -4.03. The van der Waals surface area contributed by atoms with Gasteiger partial charge in [-0.2, -0.15) is 5.26 Å². The summed E-state index contributed by atoms with van der Waals surface area (Å²) in [4.78, 5) is 17.2. The molecule has 1 spiro atoms. The second-order valence-electron chi connectivity index (χ2n) is 8.60. The highest BCUT2D eigenvalue weighted by Crippen LogP contribution is 2.51. The Labute approximate surface area is 199 Å². The fourth-order valence-electron chi connectivity index (χ4n) is 4.73. The molecule has 2 heterocycles. The van der Waals surface area contributed by atoms with Crippen molar-refractivity contribution >= 4 is 17.4 Å². The summed E-state index contributed by atoms with van der Waals surface area (Å²) in [6.07, 6.45) is -4.84. The maximum atomic E-state index is 14.0. The molecule has 3 aromatic carbocycles. The summed E-state index contributed by atoms with van der Waals surface area (Å²) >= 11 is 0. The van der Waals surface area contributed by atoms with Crippen molar-refractivity contribution in [3.05, 3.63) is 89.5 Å². The molecule has 2 amide bonds. The highest BCUT2D eigenvalue weighted by atomic mass is 19.4. The Morgan fingerprint density at radius 2 is 1.69 bits per heavy atom. The molecule has 6 nitrogen and oxygen atoms in total. The third kappa shape index (κ3) is 3.96. The van der Waals surface area contributed by atoms with Crippen molar-refractivity contribution in [3.63, 3.8) is 0 Å². The van der Waals surface area contributed by atoms with Gasteiger partial charge in [-0.3, -0.25) is 9.80 Å². The van der Waals surface area contributed by atoms with Gasteiger partial charge in [-0.25, -0.2) is 4.79 Å². The van der Waals surface area contributed by atoms with Gasteiger partial charge in [0.1, 0.15) is 11.3 Å². The molecule has 0 aliphatic carbocycles. The molecular formula is C26H20F3N3O3. The quantitative estimate of drug-likeness (QED) is 0.480. The smallest absolute Gasteiger partial charge is 0.406 e. The lowest BCUT2D eigenvalue weighted by molar-refractivity contribution is -0.274. The van der Waals surface area contributed by atoms with Crippen LogP contribution in [-0.2, 0) is 4.74 Å². The molecular weight excluding hydrogens is 459 g/mol. The maximum absolute atomic E-state index is 14.0. The standard InChI is InChI=1S/C26H20F3N3O3/c1-17-5-9-20(10-6-17)31-23(19-3-2-4-22(13-19)35-26(27,28)29)25(15-34-16-25)32(24(31)33)21-11-7-18(14-30)8-12-21/h2-13,23H,15-16H2,1H3. The van der Waals surface area contributed by atoms with E-state index in [4.69, 9.17) is 10.00 Å². The molecule has 2 fully saturated rings. The third-order valence-electron chi connectivity index (χ3n) is 6.29.